The number of thiazole rings is 1. The van der Waals surface area contributed by atoms with Crippen LogP contribution in [0.5, 0.6) is 5.75 Å². The Labute approximate surface area is 163 Å². The first kappa shape index (κ1) is 19.1. The van der Waals surface area contributed by atoms with Gasteiger partial charge in [-0.3, -0.25) is 9.59 Å². The number of carbonyl (C=O) groups excluding carboxylic acids is 2. The Morgan fingerprint density at radius 3 is 2.63 bits per heavy atom. The second kappa shape index (κ2) is 8.35. The number of ether oxygens (including phenoxy) is 1. The second-order valence-corrected chi connectivity index (χ2v) is 7.59. The van der Waals surface area contributed by atoms with Crippen LogP contribution in [0.15, 0.2) is 36.9 Å². The summed E-state index contributed by atoms with van der Waals surface area (Å²) in [7, 11) is 3.45. The van der Waals surface area contributed by atoms with Crippen molar-refractivity contribution in [3.05, 3.63) is 58.1 Å². The minimum absolute atomic E-state index is 0.00464. The zero-order valence-electron chi connectivity index (χ0n) is 15.6. The Hall–Kier alpha value is -2.67. The van der Waals surface area contributed by atoms with Crippen molar-refractivity contribution >= 4 is 23.2 Å². The van der Waals surface area contributed by atoms with E-state index in [9.17, 15) is 9.59 Å². The number of aromatic nitrogens is 1. The molecule has 0 aliphatic carbocycles. The van der Waals surface area contributed by atoms with Gasteiger partial charge in [0, 0.05) is 50.5 Å². The van der Waals surface area contributed by atoms with Crippen LogP contribution in [0.2, 0.25) is 0 Å². The van der Waals surface area contributed by atoms with Gasteiger partial charge in [0.2, 0.25) is 0 Å². The molecule has 0 saturated heterocycles. The molecule has 1 aromatic heterocycles. The summed E-state index contributed by atoms with van der Waals surface area (Å²) in [5, 5.41) is 0.528. The monoisotopic (exact) mass is 385 g/mol. The van der Waals surface area contributed by atoms with E-state index in [4.69, 9.17) is 4.74 Å². The highest BCUT2D eigenvalue weighted by molar-refractivity contribution is 7.13. The number of hydrogen-bond donors (Lipinski definition) is 0. The Kier molecular flexibility index (Phi) is 5.91. The molecule has 1 aliphatic heterocycles. The van der Waals surface area contributed by atoms with Crippen molar-refractivity contribution in [3.8, 4) is 5.75 Å². The molecule has 0 atom stereocenters. The van der Waals surface area contributed by atoms with Gasteiger partial charge in [-0.2, -0.15) is 0 Å². The lowest BCUT2D eigenvalue weighted by molar-refractivity contribution is 0.0761. The molecule has 142 valence electrons. The van der Waals surface area contributed by atoms with Crippen molar-refractivity contribution in [1.29, 1.82) is 0 Å². The molecule has 1 aromatic carbocycles. The van der Waals surface area contributed by atoms with Crippen molar-refractivity contribution in [2.24, 2.45) is 0 Å². The van der Waals surface area contributed by atoms with Crippen molar-refractivity contribution in [1.82, 2.24) is 14.8 Å². The molecular weight excluding hydrogens is 362 g/mol. The van der Waals surface area contributed by atoms with E-state index in [2.05, 4.69) is 11.6 Å². The fraction of sp³-hybridized carbons (Fsp3) is 0.350. The zero-order valence-corrected chi connectivity index (χ0v) is 16.4. The highest BCUT2D eigenvalue weighted by Gasteiger charge is 2.24. The summed E-state index contributed by atoms with van der Waals surface area (Å²) in [6, 6.07) is 7.17. The number of rotatable bonds is 5. The summed E-state index contributed by atoms with van der Waals surface area (Å²) in [6.07, 6.45) is 3.07. The number of amides is 2. The number of benzene rings is 1. The normalized spacial score (nSPS) is 13.5. The smallest absolute Gasteiger partial charge is 0.282 e. The van der Waals surface area contributed by atoms with Gasteiger partial charge in [0.25, 0.3) is 11.8 Å². The predicted octanol–water partition coefficient (Wildman–Crippen LogP) is 2.65. The minimum Gasteiger partial charge on any atom is -0.490 e. The summed E-state index contributed by atoms with van der Waals surface area (Å²) in [5.74, 6) is 0.650. The molecule has 6 nitrogen and oxygen atoms in total. The van der Waals surface area contributed by atoms with E-state index in [0.29, 0.717) is 42.4 Å². The quantitative estimate of drug-likeness (QED) is 0.743. The van der Waals surface area contributed by atoms with Crippen molar-refractivity contribution in [2.75, 3.05) is 33.8 Å². The number of fused-ring (bicyclic) bond motifs is 1. The van der Waals surface area contributed by atoms with Crippen LogP contribution in [0.25, 0.3) is 0 Å². The molecule has 1 aliphatic rings. The number of hydrogen-bond acceptors (Lipinski definition) is 5. The Balaban J connectivity index is 1.65. The SMILES string of the molecule is C=CCOc1ccc(C(=O)N2CCc3nc(C(=O)N(C)C)sc3CC2)cc1. The lowest BCUT2D eigenvalue weighted by Gasteiger charge is -2.20. The number of carbonyl (C=O) groups is 2. The average molecular weight is 385 g/mol. The molecule has 0 N–H and O–H groups in total. The maximum Gasteiger partial charge on any atom is 0.282 e. The zero-order chi connectivity index (χ0) is 19.4. The average Bonchev–Trinajstić information content (AvgIpc) is 2.98. The summed E-state index contributed by atoms with van der Waals surface area (Å²) in [6.45, 7) is 5.27. The van der Waals surface area contributed by atoms with Crippen LogP contribution in [-0.2, 0) is 12.8 Å². The van der Waals surface area contributed by atoms with E-state index >= 15 is 0 Å². The third kappa shape index (κ3) is 4.36. The molecular formula is C20H23N3O3S. The molecule has 27 heavy (non-hydrogen) atoms. The molecule has 2 aromatic rings. The molecule has 0 saturated carbocycles. The summed E-state index contributed by atoms with van der Waals surface area (Å²) in [5.41, 5.74) is 1.58. The first-order valence-corrected chi connectivity index (χ1v) is 9.64. The van der Waals surface area contributed by atoms with Gasteiger partial charge in [-0.25, -0.2) is 4.98 Å². The van der Waals surface area contributed by atoms with Gasteiger partial charge in [0.1, 0.15) is 12.4 Å². The van der Waals surface area contributed by atoms with Gasteiger partial charge in [0.15, 0.2) is 5.01 Å². The molecule has 3 rings (SSSR count). The van der Waals surface area contributed by atoms with Gasteiger partial charge in [-0.1, -0.05) is 12.7 Å². The molecule has 0 spiro atoms. The van der Waals surface area contributed by atoms with Crippen LogP contribution in [0.3, 0.4) is 0 Å². The van der Waals surface area contributed by atoms with E-state index in [1.165, 1.54) is 16.2 Å². The van der Waals surface area contributed by atoms with Crippen molar-refractivity contribution in [3.63, 3.8) is 0 Å². The predicted molar refractivity (Wildman–Crippen MR) is 106 cm³/mol. The molecule has 2 heterocycles. The van der Waals surface area contributed by atoms with Crippen LogP contribution in [-0.4, -0.2) is 60.4 Å². The maximum atomic E-state index is 12.8. The largest absolute Gasteiger partial charge is 0.490 e. The highest BCUT2D eigenvalue weighted by Crippen LogP contribution is 2.24. The second-order valence-electron chi connectivity index (χ2n) is 6.50. The molecule has 7 heteroatoms. The van der Waals surface area contributed by atoms with Gasteiger partial charge in [0.05, 0.1) is 5.69 Å². The lowest BCUT2D eigenvalue weighted by atomic mass is 10.2. The van der Waals surface area contributed by atoms with Crippen LogP contribution in [0.4, 0.5) is 0 Å². The first-order valence-electron chi connectivity index (χ1n) is 8.83. The van der Waals surface area contributed by atoms with Gasteiger partial charge >= 0.3 is 0 Å². The van der Waals surface area contributed by atoms with Crippen molar-refractivity contribution in [2.45, 2.75) is 12.8 Å². The number of nitrogens with zero attached hydrogens (tertiary/aromatic N) is 3. The van der Waals surface area contributed by atoms with Crippen molar-refractivity contribution < 1.29 is 14.3 Å². The van der Waals surface area contributed by atoms with E-state index in [-0.39, 0.29) is 11.8 Å². The van der Waals surface area contributed by atoms with Crippen LogP contribution in [0.1, 0.15) is 30.7 Å². The third-order valence-corrected chi connectivity index (χ3v) is 5.50. The van der Waals surface area contributed by atoms with Crippen LogP contribution < -0.4 is 4.74 Å². The molecule has 0 unspecified atom stereocenters. The topological polar surface area (TPSA) is 62.7 Å². The standard InChI is InChI=1S/C20H23N3O3S/c1-4-13-26-15-7-5-14(6-8-15)19(24)23-11-9-16-17(10-12-23)27-18(21-16)20(25)22(2)3/h4-8H,1,9-13H2,2-3H3. The highest BCUT2D eigenvalue weighted by atomic mass is 32.1. The third-order valence-electron chi connectivity index (χ3n) is 4.35. The van der Waals surface area contributed by atoms with Gasteiger partial charge < -0.3 is 14.5 Å². The first-order chi connectivity index (χ1) is 13.0. The summed E-state index contributed by atoms with van der Waals surface area (Å²) in [4.78, 5) is 33.9. The van der Waals surface area contributed by atoms with Crippen LogP contribution >= 0.6 is 11.3 Å². The van der Waals surface area contributed by atoms with Gasteiger partial charge in [-0.15, -0.1) is 11.3 Å². The van der Waals surface area contributed by atoms with E-state index in [1.807, 2.05) is 4.90 Å². The van der Waals surface area contributed by atoms with E-state index < -0.39 is 0 Å². The fourth-order valence-electron chi connectivity index (χ4n) is 2.88. The van der Waals surface area contributed by atoms with Crippen LogP contribution in [0, 0.1) is 0 Å². The molecule has 0 radical (unpaired) electrons. The van der Waals surface area contributed by atoms with E-state index in [0.717, 1.165) is 17.0 Å². The Morgan fingerprint density at radius 2 is 1.96 bits per heavy atom. The molecule has 2 amide bonds. The summed E-state index contributed by atoms with van der Waals surface area (Å²) >= 11 is 1.44. The Bertz CT molecular complexity index is 817. The summed E-state index contributed by atoms with van der Waals surface area (Å²) < 4.78 is 5.45. The minimum atomic E-state index is -0.0697. The molecule has 0 fully saturated rings. The lowest BCUT2D eigenvalue weighted by Crippen LogP contribution is -2.33. The Morgan fingerprint density at radius 1 is 1.26 bits per heavy atom. The fourth-order valence-corrected chi connectivity index (χ4v) is 4.00. The van der Waals surface area contributed by atoms with Gasteiger partial charge in [-0.05, 0) is 24.3 Å². The maximum absolute atomic E-state index is 12.8. The van der Waals surface area contributed by atoms with E-state index in [1.54, 1.807) is 44.4 Å². The molecule has 0 bridgehead atoms.